The van der Waals surface area contributed by atoms with Gasteiger partial charge in [-0.2, -0.15) is 4.98 Å². The largest absolute Gasteiger partial charge is 0.497 e. The van der Waals surface area contributed by atoms with Crippen molar-refractivity contribution in [2.75, 3.05) is 27.3 Å². The Bertz CT molecular complexity index is 1050. The Hall–Kier alpha value is -3.35. The summed E-state index contributed by atoms with van der Waals surface area (Å²) in [5, 5.41) is 4.19. The number of carbonyl (C=O) groups excluding carboxylic acids is 1. The van der Waals surface area contributed by atoms with Gasteiger partial charge in [-0.25, -0.2) is 0 Å². The maximum Gasteiger partial charge on any atom is 0.254 e. The molecule has 0 N–H and O–H groups in total. The normalized spacial score (nSPS) is 16.3. The SMILES string of the molecule is COc1cc(OC)cc(C(=O)N2CCC[C@@H](c3nc(-c4ccc(C(C)C)cc4)no3)C2)c1. The van der Waals surface area contributed by atoms with Crippen LogP contribution < -0.4 is 9.47 Å². The molecule has 1 aliphatic rings. The highest BCUT2D eigenvalue weighted by Crippen LogP contribution is 2.30. The fraction of sp³-hybridized carbons (Fsp3) is 0.400. The van der Waals surface area contributed by atoms with Crippen LogP contribution in [-0.2, 0) is 0 Å². The fourth-order valence-corrected chi connectivity index (χ4v) is 4.01. The molecule has 1 amide bonds. The van der Waals surface area contributed by atoms with Crippen LogP contribution in [0.15, 0.2) is 47.0 Å². The quantitative estimate of drug-likeness (QED) is 0.548. The Labute approximate surface area is 188 Å². The molecule has 1 atom stereocenters. The van der Waals surface area contributed by atoms with Crippen molar-refractivity contribution in [1.29, 1.82) is 0 Å². The highest BCUT2D eigenvalue weighted by molar-refractivity contribution is 5.95. The molecule has 0 unspecified atom stereocenters. The number of methoxy groups -OCH3 is 2. The third-order valence-electron chi connectivity index (χ3n) is 5.93. The number of ether oxygens (including phenoxy) is 2. The third kappa shape index (κ3) is 4.61. The van der Waals surface area contributed by atoms with Crippen LogP contribution >= 0.6 is 0 Å². The van der Waals surface area contributed by atoms with Crippen molar-refractivity contribution in [2.24, 2.45) is 0 Å². The summed E-state index contributed by atoms with van der Waals surface area (Å²) in [6.45, 7) is 5.55. The molecule has 4 rings (SSSR count). The molecule has 0 bridgehead atoms. The van der Waals surface area contributed by atoms with E-state index in [1.807, 2.05) is 17.0 Å². The van der Waals surface area contributed by atoms with E-state index in [4.69, 9.17) is 14.0 Å². The first kappa shape index (κ1) is 21.9. The van der Waals surface area contributed by atoms with Gasteiger partial charge in [-0.05, 0) is 36.5 Å². The van der Waals surface area contributed by atoms with Crippen molar-refractivity contribution >= 4 is 5.91 Å². The summed E-state index contributed by atoms with van der Waals surface area (Å²) in [5.41, 5.74) is 2.74. The standard InChI is InChI=1S/C25H29N3O4/c1-16(2)17-7-9-18(10-8-17)23-26-24(32-27-23)19-6-5-11-28(15-19)25(29)20-12-21(30-3)14-22(13-20)31-4/h7-10,12-14,16,19H,5-6,11,15H2,1-4H3/t19-/m1/s1. The highest BCUT2D eigenvalue weighted by atomic mass is 16.5. The Balaban J connectivity index is 1.49. The summed E-state index contributed by atoms with van der Waals surface area (Å²) in [7, 11) is 3.15. The predicted octanol–water partition coefficient (Wildman–Crippen LogP) is 4.90. The van der Waals surface area contributed by atoms with Gasteiger partial charge < -0.3 is 18.9 Å². The molecule has 168 valence electrons. The molecule has 2 heterocycles. The van der Waals surface area contributed by atoms with Gasteiger partial charge in [0, 0.05) is 30.3 Å². The molecule has 0 saturated carbocycles. The minimum absolute atomic E-state index is 0.0105. The monoisotopic (exact) mass is 435 g/mol. The van der Waals surface area contributed by atoms with Crippen molar-refractivity contribution in [3.63, 3.8) is 0 Å². The zero-order chi connectivity index (χ0) is 22.7. The smallest absolute Gasteiger partial charge is 0.254 e. The van der Waals surface area contributed by atoms with E-state index in [0.717, 1.165) is 18.4 Å². The maximum atomic E-state index is 13.2. The topological polar surface area (TPSA) is 77.7 Å². The molecule has 1 aromatic heterocycles. The number of hydrogen-bond acceptors (Lipinski definition) is 6. The van der Waals surface area contributed by atoms with E-state index in [1.54, 1.807) is 32.4 Å². The van der Waals surface area contributed by atoms with Gasteiger partial charge in [-0.3, -0.25) is 4.79 Å². The Morgan fingerprint density at radius 3 is 2.41 bits per heavy atom. The first-order valence-corrected chi connectivity index (χ1v) is 10.9. The van der Waals surface area contributed by atoms with E-state index < -0.39 is 0 Å². The zero-order valence-corrected chi connectivity index (χ0v) is 19.0. The fourth-order valence-electron chi connectivity index (χ4n) is 4.01. The second kappa shape index (κ2) is 9.42. The lowest BCUT2D eigenvalue weighted by molar-refractivity contribution is 0.0695. The van der Waals surface area contributed by atoms with Crippen LogP contribution in [0.3, 0.4) is 0 Å². The number of aromatic nitrogens is 2. The van der Waals surface area contributed by atoms with Crippen molar-refractivity contribution in [1.82, 2.24) is 15.0 Å². The second-order valence-corrected chi connectivity index (χ2v) is 8.42. The average Bonchev–Trinajstić information content (AvgIpc) is 3.33. The molecule has 0 aliphatic carbocycles. The van der Waals surface area contributed by atoms with Gasteiger partial charge in [-0.15, -0.1) is 0 Å². The number of likely N-dealkylation sites (tertiary alicyclic amines) is 1. The van der Waals surface area contributed by atoms with Gasteiger partial charge in [0.25, 0.3) is 5.91 Å². The number of hydrogen-bond donors (Lipinski definition) is 0. The van der Waals surface area contributed by atoms with Crippen molar-refractivity contribution in [2.45, 2.75) is 38.5 Å². The lowest BCUT2D eigenvalue weighted by Crippen LogP contribution is -2.39. The zero-order valence-electron chi connectivity index (χ0n) is 19.0. The van der Waals surface area contributed by atoms with Crippen LogP contribution in [0.5, 0.6) is 11.5 Å². The summed E-state index contributed by atoms with van der Waals surface area (Å²) in [5.74, 6) is 2.76. The van der Waals surface area contributed by atoms with Gasteiger partial charge in [0.15, 0.2) is 0 Å². The van der Waals surface area contributed by atoms with Crippen molar-refractivity contribution in [3.05, 3.63) is 59.5 Å². The number of piperidine rings is 1. The molecule has 1 aliphatic heterocycles. The first-order chi connectivity index (χ1) is 15.5. The van der Waals surface area contributed by atoms with Crippen LogP contribution in [0.2, 0.25) is 0 Å². The van der Waals surface area contributed by atoms with Gasteiger partial charge in [-0.1, -0.05) is 43.3 Å². The number of benzene rings is 2. The second-order valence-electron chi connectivity index (χ2n) is 8.42. The molecular weight excluding hydrogens is 406 g/mol. The van der Waals surface area contributed by atoms with E-state index in [9.17, 15) is 4.79 Å². The molecule has 3 aromatic rings. The Morgan fingerprint density at radius 2 is 1.78 bits per heavy atom. The Kier molecular flexibility index (Phi) is 6.44. The van der Waals surface area contributed by atoms with E-state index in [-0.39, 0.29) is 11.8 Å². The lowest BCUT2D eigenvalue weighted by Gasteiger charge is -2.31. The predicted molar refractivity (Wildman–Crippen MR) is 121 cm³/mol. The molecule has 1 saturated heterocycles. The van der Waals surface area contributed by atoms with Crippen LogP contribution in [0, 0.1) is 0 Å². The van der Waals surface area contributed by atoms with E-state index in [0.29, 0.717) is 47.8 Å². The molecule has 32 heavy (non-hydrogen) atoms. The van der Waals surface area contributed by atoms with Gasteiger partial charge >= 0.3 is 0 Å². The average molecular weight is 436 g/mol. The Morgan fingerprint density at radius 1 is 1.09 bits per heavy atom. The number of carbonyl (C=O) groups is 1. The van der Waals surface area contributed by atoms with Crippen LogP contribution in [0.25, 0.3) is 11.4 Å². The lowest BCUT2D eigenvalue weighted by atomic mass is 9.97. The van der Waals surface area contributed by atoms with Crippen LogP contribution in [0.4, 0.5) is 0 Å². The van der Waals surface area contributed by atoms with Crippen LogP contribution in [-0.4, -0.2) is 48.3 Å². The first-order valence-electron chi connectivity index (χ1n) is 10.9. The molecule has 1 fully saturated rings. The number of amides is 1. The molecule has 0 radical (unpaired) electrons. The minimum Gasteiger partial charge on any atom is -0.497 e. The van der Waals surface area contributed by atoms with Crippen LogP contribution in [0.1, 0.15) is 60.3 Å². The number of rotatable bonds is 6. The summed E-state index contributed by atoms with van der Waals surface area (Å²) >= 11 is 0. The molecule has 7 heteroatoms. The summed E-state index contributed by atoms with van der Waals surface area (Å²) < 4.78 is 16.2. The summed E-state index contributed by atoms with van der Waals surface area (Å²) in [6, 6.07) is 13.5. The molecule has 7 nitrogen and oxygen atoms in total. The number of nitrogens with zero attached hydrogens (tertiary/aromatic N) is 3. The third-order valence-corrected chi connectivity index (χ3v) is 5.93. The maximum absolute atomic E-state index is 13.2. The van der Waals surface area contributed by atoms with Crippen molar-refractivity contribution in [3.8, 4) is 22.9 Å². The van der Waals surface area contributed by atoms with Crippen molar-refractivity contribution < 1.29 is 18.8 Å². The highest BCUT2D eigenvalue weighted by Gasteiger charge is 2.29. The van der Waals surface area contributed by atoms with Gasteiger partial charge in [0.2, 0.25) is 11.7 Å². The summed E-state index contributed by atoms with van der Waals surface area (Å²) in [4.78, 5) is 19.7. The minimum atomic E-state index is -0.0593. The van der Waals surface area contributed by atoms with Gasteiger partial charge in [0.05, 0.1) is 20.1 Å². The van der Waals surface area contributed by atoms with E-state index in [1.165, 1.54) is 5.56 Å². The molecule has 0 spiro atoms. The molecular formula is C25H29N3O4. The van der Waals surface area contributed by atoms with E-state index >= 15 is 0 Å². The molecule has 2 aromatic carbocycles. The van der Waals surface area contributed by atoms with Gasteiger partial charge in [0.1, 0.15) is 11.5 Å². The summed E-state index contributed by atoms with van der Waals surface area (Å²) in [6.07, 6.45) is 1.78. The van der Waals surface area contributed by atoms with E-state index in [2.05, 4.69) is 36.1 Å².